The van der Waals surface area contributed by atoms with Gasteiger partial charge in [-0.2, -0.15) is 26.0 Å². The zero-order chi connectivity index (χ0) is 16.4. The number of halogens is 4. The van der Waals surface area contributed by atoms with Crippen molar-refractivity contribution in [1.82, 2.24) is 0 Å². The van der Waals surface area contributed by atoms with Crippen LogP contribution in [0.3, 0.4) is 0 Å². The third kappa shape index (κ3) is 4.49. The highest BCUT2D eigenvalue weighted by atomic mass is 32.2. The van der Waals surface area contributed by atoms with Crippen molar-refractivity contribution < 1.29 is 44.7 Å². The molecule has 1 heterocycles. The van der Waals surface area contributed by atoms with Crippen LogP contribution in [0.2, 0.25) is 0 Å². The van der Waals surface area contributed by atoms with E-state index in [9.17, 15) is 26.0 Å². The van der Waals surface area contributed by atoms with Crippen LogP contribution in [0.1, 0.15) is 19.8 Å². The quantitative estimate of drug-likeness (QED) is 0.411. The van der Waals surface area contributed by atoms with Gasteiger partial charge in [0.2, 0.25) is 0 Å². The van der Waals surface area contributed by atoms with E-state index < -0.39 is 39.9 Å². The Morgan fingerprint density at radius 2 is 1.76 bits per heavy atom. The van der Waals surface area contributed by atoms with Gasteiger partial charge in [-0.05, 0) is 13.3 Å². The molecule has 1 rings (SSSR count). The van der Waals surface area contributed by atoms with E-state index in [1.54, 1.807) is 6.92 Å². The number of ether oxygens (including phenoxy) is 3. The van der Waals surface area contributed by atoms with Gasteiger partial charge < -0.3 is 14.2 Å². The number of alkyl halides is 4. The second-order valence-corrected chi connectivity index (χ2v) is 6.15. The van der Waals surface area contributed by atoms with Gasteiger partial charge >= 0.3 is 21.3 Å². The molecule has 21 heavy (non-hydrogen) atoms. The Hall–Kier alpha value is -0.490. The van der Waals surface area contributed by atoms with Crippen molar-refractivity contribution in [3.63, 3.8) is 0 Å². The summed E-state index contributed by atoms with van der Waals surface area (Å²) >= 11 is 0. The highest BCUT2D eigenvalue weighted by Gasteiger charge is 2.64. The van der Waals surface area contributed by atoms with E-state index in [0.717, 1.165) is 0 Å². The summed E-state index contributed by atoms with van der Waals surface area (Å²) < 4.78 is 95.9. The van der Waals surface area contributed by atoms with E-state index in [1.165, 1.54) is 0 Å². The molecule has 0 saturated carbocycles. The highest BCUT2D eigenvalue weighted by molar-refractivity contribution is 7.87. The predicted octanol–water partition coefficient (Wildman–Crippen LogP) is 1.66. The first-order valence-electron chi connectivity index (χ1n) is 6.00. The van der Waals surface area contributed by atoms with Crippen LogP contribution in [0.5, 0.6) is 0 Å². The second kappa shape index (κ2) is 6.32. The van der Waals surface area contributed by atoms with Crippen molar-refractivity contribution in [2.24, 2.45) is 0 Å². The summed E-state index contributed by atoms with van der Waals surface area (Å²) in [7, 11) is -6.19. The molecule has 0 bridgehead atoms. The van der Waals surface area contributed by atoms with Gasteiger partial charge in [0.1, 0.15) is 6.61 Å². The summed E-state index contributed by atoms with van der Waals surface area (Å²) in [5.41, 5.74) is 0. The Bertz CT molecular complexity index is 446. The van der Waals surface area contributed by atoms with Crippen molar-refractivity contribution >= 4 is 10.1 Å². The van der Waals surface area contributed by atoms with Crippen molar-refractivity contribution in [3.8, 4) is 0 Å². The first-order chi connectivity index (χ1) is 9.41. The lowest BCUT2D eigenvalue weighted by molar-refractivity contribution is -0.185. The lowest BCUT2D eigenvalue weighted by Gasteiger charge is -2.24. The van der Waals surface area contributed by atoms with E-state index in [-0.39, 0.29) is 13.2 Å². The molecule has 1 fully saturated rings. The minimum atomic E-state index is -6.19. The summed E-state index contributed by atoms with van der Waals surface area (Å²) in [6.45, 7) is 1.89. The first-order valence-corrected chi connectivity index (χ1v) is 7.44. The van der Waals surface area contributed by atoms with Crippen LogP contribution in [-0.2, 0) is 24.3 Å². The third-order valence-electron chi connectivity index (χ3n) is 2.79. The van der Waals surface area contributed by atoms with Crippen molar-refractivity contribution in [3.05, 3.63) is 0 Å². The van der Waals surface area contributed by atoms with E-state index in [1.807, 2.05) is 0 Å². The molecule has 0 aromatic rings. The molecule has 11 heteroatoms. The zero-order valence-corrected chi connectivity index (χ0v) is 12.0. The average molecular weight is 340 g/mol. The summed E-state index contributed by atoms with van der Waals surface area (Å²) in [5.74, 6) is -5.89. The molecule has 1 aliphatic heterocycles. The SMILES string of the molecule is CC1(COCCCC(F)(F)C(F)(F)S(=O)(=O)O)OCCO1. The molecule has 0 aromatic carbocycles. The van der Waals surface area contributed by atoms with Gasteiger partial charge in [-0.25, -0.2) is 0 Å². The summed E-state index contributed by atoms with van der Waals surface area (Å²) in [5, 5.41) is -5.54. The molecule has 1 N–H and O–H groups in total. The topological polar surface area (TPSA) is 82.1 Å². The van der Waals surface area contributed by atoms with Crippen LogP contribution < -0.4 is 0 Å². The zero-order valence-electron chi connectivity index (χ0n) is 11.2. The van der Waals surface area contributed by atoms with Gasteiger partial charge in [0.15, 0.2) is 5.79 Å². The maximum absolute atomic E-state index is 13.1. The molecule has 0 radical (unpaired) electrons. The third-order valence-corrected chi connectivity index (χ3v) is 3.74. The van der Waals surface area contributed by atoms with E-state index in [0.29, 0.717) is 13.2 Å². The maximum atomic E-state index is 13.1. The summed E-state index contributed by atoms with van der Waals surface area (Å²) in [6, 6.07) is 0. The van der Waals surface area contributed by atoms with Crippen molar-refractivity contribution in [2.75, 3.05) is 26.4 Å². The van der Waals surface area contributed by atoms with Gasteiger partial charge in [0.25, 0.3) is 0 Å². The molecule has 126 valence electrons. The van der Waals surface area contributed by atoms with Gasteiger partial charge in [-0.3, -0.25) is 4.55 Å². The molecule has 0 atom stereocenters. The monoisotopic (exact) mass is 340 g/mol. The lowest BCUT2D eigenvalue weighted by Crippen LogP contribution is -2.46. The molecule has 6 nitrogen and oxygen atoms in total. The minimum Gasteiger partial charge on any atom is -0.376 e. The highest BCUT2D eigenvalue weighted by Crippen LogP contribution is 2.41. The van der Waals surface area contributed by atoms with Gasteiger partial charge in [0, 0.05) is 13.0 Å². The predicted molar refractivity (Wildman–Crippen MR) is 61.8 cm³/mol. The molecular formula is C10H16F4O6S. The molecule has 1 saturated heterocycles. The lowest BCUT2D eigenvalue weighted by atomic mass is 10.2. The molecular weight excluding hydrogens is 324 g/mol. The molecule has 0 spiro atoms. The van der Waals surface area contributed by atoms with Crippen molar-refractivity contribution in [1.29, 1.82) is 0 Å². The smallest absolute Gasteiger partial charge is 0.376 e. The Labute approximate surface area is 119 Å². The Morgan fingerprint density at radius 1 is 1.24 bits per heavy atom. The van der Waals surface area contributed by atoms with Crippen LogP contribution >= 0.6 is 0 Å². The molecule has 0 aromatic heterocycles. The Balaban J connectivity index is 2.37. The van der Waals surface area contributed by atoms with Crippen LogP contribution in [0, 0.1) is 0 Å². The maximum Gasteiger partial charge on any atom is 0.431 e. The normalized spacial score (nSPS) is 19.9. The van der Waals surface area contributed by atoms with Crippen LogP contribution in [-0.4, -0.2) is 56.4 Å². The number of rotatable bonds is 8. The Kier molecular flexibility index (Phi) is 5.59. The van der Waals surface area contributed by atoms with Crippen LogP contribution in [0.4, 0.5) is 17.6 Å². The fourth-order valence-corrected chi connectivity index (χ4v) is 2.11. The van der Waals surface area contributed by atoms with E-state index >= 15 is 0 Å². The van der Waals surface area contributed by atoms with Crippen LogP contribution in [0.15, 0.2) is 0 Å². The molecule has 0 unspecified atom stereocenters. The first kappa shape index (κ1) is 18.6. The fourth-order valence-electron chi connectivity index (χ4n) is 1.63. The molecule has 0 aliphatic carbocycles. The second-order valence-electron chi connectivity index (χ2n) is 4.68. The number of hydrogen-bond donors (Lipinski definition) is 1. The minimum absolute atomic E-state index is 0.0761. The summed E-state index contributed by atoms with van der Waals surface area (Å²) in [4.78, 5) is 0. The van der Waals surface area contributed by atoms with Gasteiger partial charge in [0.05, 0.1) is 13.2 Å². The largest absolute Gasteiger partial charge is 0.431 e. The average Bonchev–Trinajstić information content (AvgIpc) is 2.74. The Morgan fingerprint density at radius 3 is 2.24 bits per heavy atom. The fraction of sp³-hybridized carbons (Fsp3) is 1.00. The van der Waals surface area contributed by atoms with E-state index in [4.69, 9.17) is 18.8 Å². The van der Waals surface area contributed by atoms with Gasteiger partial charge in [-0.1, -0.05) is 0 Å². The molecule has 1 aliphatic rings. The standard InChI is InChI=1S/C10H16F4O6S/c1-8(19-5-6-20-8)7-18-4-2-3-9(11,12)10(13,14)21(15,16)17/h2-7H2,1H3,(H,15,16,17). The van der Waals surface area contributed by atoms with Crippen LogP contribution in [0.25, 0.3) is 0 Å². The number of hydrogen-bond acceptors (Lipinski definition) is 5. The van der Waals surface area contributed by atoms with E-state index in [2.05, 4.69) is 0 Å². The molecule has 0 amide bonds. The summed E-state index contributed by atoms with van der Waals surface area (Å²) in [6.07, 6.45) is -1.99. The van der Waals surface area contributed by atoms with Gasteiger partial charge in [-0.15, -0.1) is 0 Å². The van der Waals surface area contributed by atoms with Crippen molar-refractivity contribution in [2.45, 2.75) is 36.7 Å².